The van der Waals surface area contributed by atoms with Gasteiger partial charge in [-0.3, -0.25) is 13.9 Å². The molecule has 0 aliphatic rings. The topological polar surface area (TPSA) is 86.8 Å². The van der Waals surface area contributed by atoms with Crippen LogP contribution in [0.4, 0.5) is 10.1 Å². The van der Waals surface area contributed by atoms with Crippen molar-refractivity contribution < 1.29 is 22.4 Å². The summed E-state index contributed by atoms with van der Waals surface area (Å²) in [5.41, 5.74) is 1.84. The van der Waals surface area contributed by atoms with Gasteiger partial charge in [0.1, 0.15) is 18.4 Å². The number of hydrogen-bond donors (Lipinski definition) is 1. The molecule has 0 heterocycles. The van der Waals surface area contributed by atoms with E-state index in [0.717, 1.165) is 16.1 Å². The van der Waals surface area contributed by atoms with Crippen LogP contribution in [0.25, 0.3) is 0 Å². The summed E-state index contributed by atoms with van der Waals surface area (Å²) in [5.74, 6) is -1.60. The summed E-state index contributed by atoms with van der Waals surface area (Å²) in [7, 11) is -3.94. The number of rotatable bonds is 12. The number of nitrogens with one attached hydrogen (secondary N) is 1. The summed E-state index contributed by atoms with van der Waals surface area (Å²) in [6, 6.07) is 18.7. The average molecular weight is 588 g/mol. The fourth-order valence-corrected chi connectivity index (χ4v) is 5.32. The fraction of sp³-hybridized carbons (Fsp3) is 0.333. The molecular formula is C30H35ClFN3O4S. The Morgan fingerprint density at radius 3 is 2.30 bits per heavy atom. The lowest BCUT2D eigenvalue weighted by Gasteiger charge is -2.34. The molecule has 3 rings (SSSR count). The quantitative estimate of drug-likeness (QED) is 0.319. The molecule has 3 aromatic carbocycles. The molecule has 0 aromatic heterocycles. The van der Waals surface area contributed by atoms with E-state index in [1.165, 1.54) is 29.2 Å². The third-order valence-corrected chi connectivity index (χ3v) is 8.05. The second-order valence-corrected chi connectivity index (χ2v) is 12.2. The smallest absolute Gasteiger partial charge is 0.244 e. The van der Waals surface area contributed by atoms with Gasteiger partial charge in [0, 0.05) is 29.6 Å². The number of hydrogen-bond acceptors (Lipinski definition) is 4. The van der Waals surface area contributed by atoms with Crippen LogP contribution in [0.2, 0.25) is 5.02 Å². The van der Waals surface area contributed by atoms with Crippen LogP contribution < -0.4 is 9.62 Å². The van der Waals surface area contributed by atoms with Crippen LogP contribution in [0.3, 0.4) is 0 Å². The number of aryl methyl sites for hydroxylation is 1. The van der Waals surface area contributed by atoms with Crippen molar-refractivity contribution in [1.82, 2.24) is 10.2 Å². The lowest BCUT2D eigenvalue weighted by Crippen LogP contribution is -2.54. The maximum absolute atomic E-state index is 14.8. The van der Waals surface area contributed by atoms with E-state index in [2.05, 4.69) is 5.32 Å². The van der Waals surface area contributed by atoms with Crippen molar-refractivity contribution in [3.63, 3.8) is 0 Å². The largest absolute Gasteiger partial charge is 0.352 e. The molecular weight excluding hydrogens is 553 g/mol. The minimum Gasteiger partial charge on any atom is -0.352 e. The summed E-state index contributed by atoms with van der Waals surface area (Å²) in [5, 5.41) is 3.25. The number of amides is 2. The normalized spacial score (nSPS) is 12.8. The summed E-state index contributed by atoms with van der Waals surface area (Å²) in [6.07, 6.45) is 1.82. The van der Waals surface area contributed by atoms with Crippen LogP contribution >= 0.6 is 11.6 Å². The van der Waals surface area contributed by atoms with Gasteiger partial charge in [-0.25, -0.2) is 12.8 Å². The van der Waals surface area contributed by atoms with E-state index in [4.69, 9.17) is 11.6 Å². The van der Waals surface area contributed by atoms with Crippen molar-refractivity contribution in [3.05, 3.63) is 100 Å². The van der Waals surface area contributed by atoms with Crippen LogP contribution in [0.1, 0.15) is 37.0 Å². The minimum atomic E-state index is -3.94. The maximum Gasteiger partial charge on any atom is 0.244 e. The van der Waals surface area contributed by atoms with Crippen LogP contribution in [0.5, 0.6) is 0 Å². The van der Waals surface area contributed by atoms with E-state index in [0.29, 0.717) is 17.0 Å². The maximum atomic E-state index is 14.8. The number of carbonyl (C=O) groups excluding carboxylic acids is 2. The molecule has 214 valence electrons. The zero-order valence-electron chi connectivity index (χ0n) is 23.1. The zero-order valence-corrected chi connectivity index (χ0v) is 24.7. The summed E-state index contributed by atoms with van der Waals surface area (Å²) >= 11 is 6.17. The van der Waals surface area contributed by atoms with Crippen molar-refractivity contribution in [2.45, 2.75) is 52.2 Å². The lowest BCUT2D eigenvalue weighted by atomic mass is 10.0. The Hall–Kier alpha value is -3.43. The predicted molar refractivity (Wildman–Crippen MR) is 157 cm³/mol. The molecule has 3 aromatic rings. The van der Waals surface area contributed by atoms with Crippen molar-refractivity contribution in [1.29, 1.82) is 0 Å². The lowest BCUT2D eigenvalue weighted by molar-refractivity contribution is -0.140. The molecule has 7 nitrogen and oxygen atoms in total. The molecule has 2 atom stereocenters. The van der Waals surface area contributed by atoms with E-state index in [9.17, 15) is 22.4 Å². The molecule has 0 saturated carbocycles. The number of benzene rings is 3. The number of sulfonamides is 1. The Bertz CT molecular complexity index is 1440. The van der Waals surface area contributed by atoms with Gasteiger partial charge in [-0.05, 0) is 49.6 Å². The minimum absolute atomic E-state index is 0.151. The molecule has 0 radical (unpaired) electrons. The molecule has 0 spiro atoms. The summed E-state index contributed by atoms with van der Waals surface area (Å²) < 4.78 is 41.6. The van der Waals surface area contributed by atoms with Gasteiger partial charge < -0.3 is 10.2 Å². The van der Waals surface area contributed by atoms with E-state index in [-0.39, 0.29) is 30.3 Å². The van der Waals surface area contributed by atoms with Gasteiger partial charge in [0.2, 0.25) is 21.8 Å². The Morgan fingerprint density at radius 1 is 1.02 bits per heavy atom. The molecule has 0 aliphatic heterocycles. The number of anilines is 1. The van der Waals surface area contributed by atoms with Crippen molar-refractivity contribution in [2.24, 2.45) is 0 Å². The van der Waals surface area contributed by atoms with E-state index in [1.54, 1.807) is 25.1 Å². The van der Waals surface area contributed by atoms with Gasteiger partial charge in [-0.1, -0.05) is 73.1 Å². The van der Waals surface area contributed by atoms with Crippen molar-refractivity contribution in [2.75, 3.05) is 17.1 Å². The molecule has 40 heavy (non-hydrogen) atoms. The monoisotopic (exact) mass is 587 g/mol. The average Bonchev–Trinajstić information content (AvgIpc) is 2.91. The SMILES string of the molecule is CC[C@H](C)NC(=O)[C@@H](Cc1ccccc1)N(Cc1ccccc1F)C(=O)CN(c1cc(Cl)ccc1C)S(C)(=O)=O. The van der Waals surface area contributed by atoms with Crippen molar-refractivity contribution >= 4 is 39.1 Å². The first-order valence-electron chi connectivity index (χ1n) is 13.0. The Morgan fingerprint density at radius 2 is 1.68 bits per heavy atom. The van der Waals surface area contributed by atoms with E-state index >= 15 is 0 Å². The van der Waals surface area contributed by atoms with Crippen LogP contribution in [0.15, 0.2) is 72.8 Å². The van der Waals surface area contributed by atoms with E-state index < -0.39 is 40.2 Å². The van der Waals surface area contributed by atoms with Crippen LogP contribution in [0, 0.1) is 12.7 Å². The third-order valence-electron chi connectivity index (χ3n) is 6.69. The van der Waals surface area contributed by atoms with Gasteiger partial charge in [0.05, 0.1) is 11.9 Å². The first-order chi connectivity index (χ1) is 18.9. The van der Waals surface area contributed by atoms with Gasteiger partial charge in [0.25, 0.3) is 0 Å². The van der Waals surface area contributed by atoms with Crippen LogP contribution in [-0.2, 0) is 32.6 Å². The molecule has 2 amide bonds. The van der Waals surface area contributed by atoms with Gasteiger partial charge >= 0.3 is 0 Å². The number of nitrogens with zero attached hydrogens (tertiary/aromatic N) is 2. The summed E-state index contributed by atoms with van der Waals surface area (Å²) in [6.45, 7) is 4.66. The molecule has 0 bridgehead atoms. The van der Waals surface area contributed by atoms with Gasteiger partial charge in [-0.15, -0.1) is 0 Å². The second kappa shape index (κ2) is 13.8. The molecule has 0 fully saturated rings. The number of carbonyl (C=O) groups is 2. The Balaban J connectivity index is 2.10. The van der Waals surface area contributed by atoms with E-state index in [1.807, 2.05) is 44.2 Å². The Kier molecular flexibility index (Phi) is 10.7. The third kappa shape index (κ3) is 8.29. The highest BCUT2D eigenvalue weighted by molar-refractivity contribution is 7.92. The number of halogens is 2. The molecule has 0 saturated heterocycles. The zero-order chi connectivity index (χ0) is 29.4. The highest BCUT2D eigenvalue weighted by Gasteiger charge is 2.34. The molecule has 1 N–H and O–H groups in total. The highest BCUT2D eigenvalue weighted by atomic mass is 35.5. The highest BCUT2D eigenvalue weighted by Crippen LogP contribution is 2.27. The summed E-state index contributed by atoms with van der Waals surface area (Å²) in [4.78, 5) is 29.0. The molecule has 0 aliphatic carbocycles. The first-order valence-corrected chi connectivity index (χ1v) is 15.2. The van der Waals surface area contributed by atoms with Crippen LogP contribution in [-0.4, -0.2) is 50.0 Å². The molecule has 10 heteroatoms. The van der Waals surface area contributed by atoms with Gasteiger partial charge in [-0.2, -0.15) is 0 Å². The standard InChI is InChI=1S/C30H35ClFN3O4S/c1-5-22(3)33-30(37)28(17-23-11-7-6-8-12-23)34(19-24-13-9-10-14-26(24)32)29(36)20-35(40(4,38)39)27-18-25(31)16-15-21(27)2/h6-16,18,22,28H,5,17,19-20H2,1-4H3,(H,33,37)/t22-,28+/m0/s1. The van der Waals surface area contributed by atoms with Crippen molar-refractivity contribution in [3.8, 4) is 0 Å². The van der Waals surface area contributed by atoms with Gasteiger partial charge in [0.15, 0.2) is 0 Å². The molecule has 0 unspecified atom stereocenters. The second-order valence-electron chi connectivity index (χ2n) is 9.84. The fourth-order valence-electron chi connectivity index (χ4n) is 4.25. The first kappa shape index (κ1) is 31.1. The Labute approximate surface area is 241 Å². The predicted octanol–water partition coefficient (Wildman–Crippen LogP) is 5.11.